The molecule has 1 heterocycles. The summed E-state index contributed by atoms with van der Waals surface area (Å²) in [7, 11) is 1.13. The van der Waals surface area contributed by atoms with Crippen molar-refractivity contribution in [2.45, 2.75) is 11.4 Å². The van der Waals surface area contributed by atoms with Crippen molar-refractivity contribution in [2.75, 3.05) is 27.8 Å². The second kappa shape index (κ2) is 8.36. The van der Waals surface area contributed by atoms with Crippen LogP contribution in [0.3, 0.4) is 0 Å². The highest BCUT2D eigenvalue weighted by atomic mass is 32.2. The Morgan fingerprint density at radius 1 is 1.07 bits per heavy atom. The maximum atomic E-state index is 12.1. The van der Waals surface area contributed by atoms with Crippen LogP contribution in [0.5, 0.6) is 11.5 Å². The Hall–Kier alpha value is -2.98. The summed E-state index contributed by atoms with van der Waals surface area (Å²) in [5.74, 6) is 1.78. The van der Waals surface area contributed by atoms with Crippen LogP contribution in [0.2, 0.25) is 0 Å². The fourth-order valence-corrected chi connectivity index (χ4v) is 3.28. The average Bonchev–Trinajstić information content (AvgIpc) is 3.17. The van der Waals surface area contributed by atoms with Crippen LogP contribution in [0, 0.1) is 0 Å². The number of benzene rings is 2. The zero-order chi connectivity index (χ0) is 20.1. The minimum atomic E-state index is -3.45. The van der Waals surface area contributed by atoms with Crippen molar-refractivity contribution < 1.29 is 17.9 Å². The first-order valence-corrected chi connectivity index (χ1v) is 9.92. The molecule has 0 radical (unpaired) electrons. The minimum absolute atomic E-state index is 0.214. The molecule has 0 aliphatic heterocycles. The quantitative estimate of drug-likeness (QED) is 0.564. The van der Waals surface area contributed by atoms with Gasteiger partial charge in [0.05, 0.1) is 18.6 Å². The van der Waals surface area contributed by atoms with Crippen molar-refractivity contribution >= 4 is 10.0 Å². The first-order chi connectivity index (χ1) is 13.4. The van der Waals surface area contributed by atoms with Crippen LogP contribution in [0.25, 0.3) is 11.4 Å². The van der Waals surface area contributed by atoms with E-state index in [1.54, 1.807) is 19.2 Å². The summed E-state index contributed by atoms with van der Waals surface area (Å²) in [5.41, 5.74) is 0.809. The lowest BCUT2D eigenvalue weighted by Gasteiger charge is -2.12. The Bertz CT molecular complexity index is 1030. The fraction of sp³-hybridized carbons (Fsp3) is 0.278. The van der Waals surface area contributed by atoms with Crippen molar-refractivity contribution in [1.29, 1.82) is 0 Å². The molecule has 9 nitrogen and oxygen atoms in total. The Labute approximate surface area is 163 Å². The normalized spacial score (nSPS) is 11.6. The maximum Gasteiger partial charge on any atom is 0.242 e. The van der Waals surface area contributed by atoms with Gasteiger partial charge >= 0.3 is 0 Å². The van der Waals surface area contributed by atoms with Crippen LogP contribution >= 0.6 is 0 Å². The number of rotatable bonds is 8. The Morgan fingerprint density at radius 3 is 2.50 bits per heavy atom. The van der Waals surface area contributed by atoms with E-state index in [9.17, 15) is 8.42 Å². The molecule has 3 aromatic rings. The molecular formula is C18H21N5O4S. The van der Waals surface area contributed by atoms with E-state index in [1.807, 2.05) is 24.3 Å². The van der Waals surface area contributed by atoms with Gasteiger partial charge in [-0.2, -0.15) is 4.80 Å². The van der Waals surface area contributed by atoms with Gasteiger partial charge in [-0.25, -0.2) is 12.7 Å². The highest BCUT2D eigenvalue weighted by Crippen LogP contribution is 2.20. The third kappa shape index (κ3) is 4.46. The molecule has 0 spiro atoms. The van der Waals surface area contributed by atoms with Gasteiger partial charge in [-0.15, -0.1) is 10.2 Å². The van der Waals surface area contributed by atoms with E-state index in [0.29, 0.717) is 24.7 Å². The highest BCUT2D eigenvalue weighted by molar-refractivity contribution is 7.89. The van der Waals surface area contributed by atoms with E-state index in [0.717, 1.165) is 11.3 Å². The van der Waals surface area contributed by atoms with Crippen LogP contribution in [-0.2, 0) is 16.6 Å². The summed E-state index contributed by atoms with van der Waals surface area (Å²) in [6.07, 6.45) is 0. The average molecular weight is 403 g/mol. The highest BCUT2D eigenvalue weighted by Gasteiger charge is 2.16. The van der Waals surface area contributed by atoms with Gasteiger partial charge in [0.1, 0.15) is 18.1 Å². The second-order valence-corrected chi connectivity index (χ2v) is 8.20. The molecule has 148 valence electrons. The van der Waals surface area contributed by atoms with E-state index < -0.39 is 10.0 Å². The minimum Gasteiger partial charge on any atom is -0.497 e. The van der Waals surface area contributed by atoms with Gasteiger partial charge in [-0.05, 0) is 41.6 Å². The lowest BCUT2D eigenvalue weighted by Crippen LogP contribution is -2.22. The van der Waals surface area contributed by atoms with Crippen molar-refractivity contribution in [3.05, 3.63) is 48.5 Å². The molecule has 0 saturated heterocycles. The lowest BCUT2D eigenvalue weighted by molar-refractivity contribution is 0.280. The smallest absolute Gasteiger partial charge is 0.242 e. The van der Waals surface area contributed by atoms with Gasteiger partial charge in [0.2, 0.25) is 15.8 Å². The van der Waals surface area contributed by atoms with Gasteiger partial charge in [0.15, 0.2) is 0 Å². The molecule has 10 heteroatoms. The summed E-state index contributed by atoms with van der Waals surface area (Å²) >= 11 is 0. The predicted octanol–water partition coefficient (Wildman–Crippen LogP) is 1.68. The van der Waals surface area contributed by atoms with E-state index >= 15 is 0 Å². The SMILES string of the molecule is COc1cccc(-c2nnn(CCOc3ccc(S(=O)(=O)N(C)C)cc3)n2)c1. The van der Waals surface area contributed by atoms with Crippen LogP contribution < -0.4 is 9.47 Å². The third-order valence-electron chi connectivity index (χ3n) is 3.94. The number of sulfonamides is 1. The Kier molecular flexibility index (Phi) is 5.90. The van der Waals surface area contributed by atoms with E-state index in [4.69, 9.17) is 9.47 Å². The second-order valence-electron chi connectivity index (χ2n) is 6.05. The van der Waals surface area contributed by atoms with Crippen LogP contribution in [0.1, 0.15) is 0 Å². The number of aromatic nitrogens is 4. The summed E-state index contributed by atoms with van der Waals surface area (Å²) in [6.45, 7) is 0.711. The van der Waals surface area contributed by atoms with Crippen LogP contribution in [-0.4, -0.2) is 60.7 Å². The van der Waals surface area contributed by atoms with Gasteiger partial charge in [0.25, 0.3) is 0 Å². The van der Waals surface area contributed by atoms with Crippen LogP contribution in [0.15, 0.2) is 53.4 Å². The summed E-state index contributed by atoms with van der Waals surface area (Å²) in [6, 6.07) is 13.7. The van der Waals surface area contributed by atoms with Crippen LogP contribution in [0.4, 0.5) is 0 Å². The molecule has 1 aromatic heterocycles. The topological polar surface area (TPSA) is 99.4 Å². The number of methoxy groups -OCH3 is 1. The van der Waals surface area contributed by atoms with Gasteiger partial charge in [-0.3, -0.25) is 0 Å². The van der Waals surface area contributed by atoms with Gasteiger partial charge in [-0.1, -0.05) is 12.1 Å². The number of nitrogens with zero attached hydrogens (tertiary/aromatic N) is 5. The molecule has 0 amide bonds. The number of ether oxygens (including phenoxy) is 2. The summed E-state index contributed by atoms with van der Waals surface area (Å²) in [4.78, 5) is 1.66. The predicted molar refractivity (Wildman–Crippen MR) is 103 cm³/mol. The molecule has 0 N–H and O–H groups in total. The molecular weight excluding hydrogens is 382 g/mol. The number of tetrazole rings is 1. The van der Waals surface area contributed by atoms with Crippen molar-refractivity contribution in [1.82, 2.24) is 24.5 Å². The molecule has 3 rings (SSSR count). The van der Waals surface area contributed by atoms with Gasteiger partial charge < -0.3 is 9.47 Å². The third-order valence-corrected chi connectivity index (χ3v) is 5.77. The number of hydrogen-bond donors (Lipinski definition) is 0. The first kappa shape index (κ1) is 19.8. The lowest BCUT2D eigenvalue weighted by atomic mass is 10.2. The molecule has 0 saturated carbocycles. The zero-order valence-electron chi connectivity index (χ0n) is 15.8. The first-order valence-electron chi connectivity index (χ1n) is 8.48. The molecule has 0 aliphatic carbocycles. The van der Waals surface area contributed by atoms with E-state index in [-0.39, 0.29) is 4.90 Å². The zero-order valence-corrected chi connectivity index (χ0v) is 16.6. The summed E-state index contributed by atoms with van der Waals surface area (Å²) < 4.78 is 36.1. The Morgan fingerprint density at radius 2 is 1.82 bits per heavy atom. The molecule has 0 fully saturated rings. The largest absolute Gasteiger partial charge is 0.497 e. The van der Waals surface area contributed by atoms with Crippen molar-refractivity contribution in [3.63, 3.8) is 0 Å². The number of hydrogen-bond acceptors (Lipinski definition) is 7. The van der Waals surface area contributed by atoms with E-state index in [1.165, 1.54) is 35.3 Å². The molecule has 28 heavy (non-hydrogen) atoms. The monoisotopic (exact) mass is 403 g/mol. The standard InChI is InChI=1S/C18H21N5O4S/c1-22(2)28(24,25)17-9-7-15(8-10-17)27-12-11-23-20-18(19-21-23)14-5-4-6-16(13-14)26-3/h4-10,13H,11-12H2,1-3H3. The molecule has 0 bridgehead atoms. The van der Waals surface area contributed by atoms with Gasteiger partial charge in [0, 0.05) is 19.7 Å². The molecule has 0 unspecified atom stereocenters. The maximum absolute atomic E-state index is 12.1. The summed E-state index contributed by atoms with van der Waals surface area (Å²) in [5, 5.41) is 12.4. The molecule has 2 aromatic carbocycles. The fourth-order valence-electron chi connectivity index (χ4n) is 2.38. The van der Waals surface area contributed by atoms with Crippen molar-refractivity contribution in [2.24, 2.45) is 0 Å². The van der Waals surface area contributed by atoms with Crippen molar-refractivity contribution in [3.8, 4) is 22.9 Å². The van der Waals surface area contributed by atoms with E-state index in [2.05, 4.69) is 15.4 Å². The Balaban J connectivity index is 1.58. The molecule has 0 aliphatic rings. The molecule has 0 atom stereocenters.